The number of hydrogen-bond donors (Lipinski definition) is 2. The molecule has 0 aliphatic heterocycles. The summed E-state index contributed by atoms with van der Waals surface area (Å²) < 4.78 is 7.73. The molecular weight excluding hydrogens is 402 g/mol. The van der Waals surface area contributed by atoms with Gasteiger partial charge in [-0.05, 0) is 50.5 Å². The van der Waals surface area contributed by atoms with Crippen LogP contribution in [0.3, 0.4) is 0 Å². The van der Waals surface area contributed by atoms with Gasteiger partial charge in [0, 0.05) is 24.1 Å². The second-order valence-corrected chi connectivity index (χ2v) is 7.93. The number of nitriles is 1. The van der Waals surface area contributed by atoms with E-state index in [1.165, 1.54) is 6.20 Å². The number of nitrogens with zero attached hydrogens (tertiary/aromatic N) is 3. The van der Waals surface area contributed by atoms with Crippen LogP contribution in [0.2, 0.25) is 0 Å². The second-order valence-electron chi connectivity index (χ2n) is 7.93. The van der Waals surface area contributed by atoms with Crippen molar-refractivity contribution >= 4 is 22.8 Å². The van der Waals surface area contributed by atoms with Crippen LogP contribution in [-0.4, -0.2) is 21.6 Å². The number of aryl methyl sites for hydroxylation is 1. The molecule has 0 saturated heterocycles. The quantitative estimate of drug-likeness (QED) is 0.637. The number of ether oxygens (including phenoxy) is 1. The fourth-order valence-electron chi connectivity index (χ4n) is 3.84. The second kappa shape index (κ2) is 9.56. The zero-order valence-electron chi connectivity index (χ0n) is 18.4. The lowest BCUT2D eigenvalue weighted by Gasteiger charge is -2.21. The standard InChI is InChI=1S/C25H27N5O2/c1-3-7-23(31)29-22-16-30-25(17(22)2)24(18(14-26)15-27-30)28-19-10-12-21(13-11-19)32-20-8-5-4-6-9-20/h5,8-12,15-16,21,28H,3-4,6-7,13H2,1-2H3,(H,29,31). The van der Waals surface area contributed by atoms with Crippen molar-refractivity contribution in [1.29, 1.82) is 5.26 Å². The summed E-state index contributed by atoms with van der Waals surface area (Å²) in [5.74, 6) is 0.883. The van der Waals surface area contributed by atoms with Crippen LogP contribution in [0.4, 0.5) is 11.4 Å². The zero-order chi connectivity index (χ0) is 22.5. The number of nitrogens with one attached hydrogen (secondary N) is 2. The maximum Gasteiger partial charge on any atom is 0.224 e. The van der Waals surface area contributed by atoms with Crippen LogP contribution in [-0.2, 0) is 9.53 Å². The molecular formula is C25H27N5O2. The summed E-state index contributed by atoms with van der Waals surface area (Å²) in [4.78, 5) is 12.1. The fraction of sp³-hybridized carbons (Fsp3) is 0.320. The molecule has 2 heterocycles. The van der Waals surface area contributed by atoms with Crippen LogP contribution in [0.1, 0.15) is 50.2 Å². The molecule has 2 N–H and O–H groups in total. The number of rotatable bonds is 7. The maximum atomic E-state index is 12.1. The first-order chi connectivity index (χ1) is 15.6. The zero-order valence-corrected chi connectivity index (χ0v) is 18.4. The average molecular weight is 430 g/mol. The number of amides is 1. The van der Waals surface area contributed by atoms with E-state index in [1.54, 1.807) is 10.7 Å². The summed E-state index contributed by atoms with van der Waals surface area (Å²) in [6.07, 6.45) is 19.7. The predicted molar refractivity (Wildman–Crippen MR) is 125 cm³/mol. The lowest BCUT2D eigenvalue weighted by molar-refractivity contribution is -0.116. The highest BCUT2D eigenvalue weighted by molar-refractivity contribution is 5.95. The molecule has 1 amide bonds. The minimum Gasteiger partial charge on any atom is -0.486 e. The van der Waals surface area contributed by atoms with E-state index in [-0.39, 0.29) is 12.0 Å². The van der Waals surface area contributed by atoms with Crippen LogP contribution < -0.4 is 10.6 Å². The number of carbonyl (C=O) groups is 1. The van der Waals surface area contributed by atoms with Gasteiger partial charge in [0.2, 0.25) is 5.91 Å². The Morgan fingerprint density at radius 1 is 1.34 bits per heavy atom. The largest absolute Gasteiger partial charge is 0.486 e. The minimum absolute atomic E-state index is 0.0159. The first-order valence-electron chi connectivity index (χ1n) is 11.0. The first kappa shape index (κ1) is 21.4. The van der Waals surface area contributed by atoms with E-state index in [0.29, 0.717) is 23.4 Å². The number of hydrogen-bond acceptors (Lipinski definition) is 5. The lowest BCUT2D eigenvalue weighted by atomic mass is 10.1. The molecule has 2 aliphatic rings. The van der Waals surface area contributed by atoms with E-state index >= 15 is 0 Å². The highest BCUT2D eigenvalue weighted by atomic mass is 16.5. The van der Waals surface area contributed by atoms with Crippen LogP contribution in [0.15, 0.2) is 60.3 Å². The topological polar surface area (TPSA) is 91.5 Å². The Labute approximate surface area is 187 Å². The SMILES string of the molecule is CCCC(=O)Nc1cn2ncc(C#N)c(NC3=CCC(OC4=CCCC=C4)C=C3)c2c1C. The van der Waals surface area contributed by atoms with Crippen molar-refractivity contribution in [2.75, 3.05) is 10.6 Å². The molecule has 2 aromatic heterocycles. The molecule has 4 rings (SSSR count). The summed E-state index contributed by atoms with van der Waals surface area (Å²) in [5.41, 5.74) is 4.32. The third-order valence-electron chi connectivity index (χ3n) is 5.51. The van der Waals surface area contributed by atoms with Gasteiger partial charge in [-0.25, -0.2) is 4.52 Å². The van der Waals surface area contributed by atoms with Crippen LogP contribution in [0.25, 0.3) is 5.52 Å². The van der Waals surface area contributed by atoms with Gasteiger partial charge < -0.3 is 15.4 Å². The predicted octanol–water partition coefficient (Wildman–Crippen LogP) is 5.13. The molecule has 0 saturated carbocycles. The van der Waals surface area contributed by atoms with Gasteiger partial charge in [-0.2, -0.15) is 10.4 Å². The van der Waals surface area contributed by atoms with Crippen molar-refractivity contribution in [3.05, 3.63) is 71.4 Å². The Kier molecular flexibility index (Phi) is 6.41. The third-order valence-corrected chi connectivity index (χ3v) is 5.51. The van der Waals surface area contributed by atoms with Gasteiger partial charge >= 0.3 is 0 Å². The average Bonchev–Trinajstić information content (AvgIpc) is 3.11. The normalized spacial score (nSPS) is 17.5. The number of fused-ring (bicyclic) bond motifs is 1. The van der Waals surface area contributed by atoms with Gasteiger partial charge in [0.25, 0.3) is 0 Å². The van der Waals surface area contributed by atoms with E-state index in [9.17, 15) is 10.1 Å². The molecule has 1 atom stereocenters. The van der Waals surface area contributed by atoms with Gasteiger partial charge in [-0.3, -0.25) is 4.79 Å². The van der Waals surface area contributed by atoms with Crippen molar-refractivity contribution in [3.8, 4) is 6.07 Å². The molecule has 164 valence electrons. The smallest absolute Gasteiger partial charge is 0.224 e. The fourth-order valence-corrected chi connectivity index (χ4v) is 3.84. The highest BCUT2D eigenvalue weighted by Crippen LogP contribution is 2.32. The Bertz CT molecular complexity index is 1190. The summed E-state index contributed by atoms with van der Waals surface area (Å²) in [6.45, 7) is 3.89. The monoisotopic (exact) mass is 429 g/mol. The summed E-state index contributed by atoms with van der Waals surface area (Å²) in [7, 11) is 0. The molecule has 7 nitrogen and oxygen atoms in total. The van der Waals surface area contributed by atoms with E-state index < -0.39 is 0 Å². The molecule has 0 radical (unpaired) electrons. The Balaban J connectivity index is 1.56. The highest BCUT2D eigenvalue weighted by Gasteiger charge is 2.18. The molecule has 32 heavy (non-hydrogen) atoms. The molecule has 0 aromatic carbocycles. The number of aromatic nitrogens is 2. The van der Waals surface area contributed by atoms with Crippen LogP contribution in [0, 0.1) is 18.3 Å². The van der Waals surface area contributed by atoms with Crippen molar-refractivity contribution in [2.24, 2.45) is 0 Å². The molecule has 7 heteroatoms. The molecule has 1 unspecified atom stereocenters. The van der Waals surface area contributed by atoms with Gasteiger partial charge in [0.15, 0.2) is 0 Å². The van der Waals surface area contributed by atoms with Crippen molar-refractivity contribution in [2.45, 2.75) is 52.1 Å². The van der Waals surface area contributed by atoms with E-state index in [0.717, 1.165) is 48.2 Å². The van der Waals surface area contributed by atoms with Crippen molar-refractivity contribution in [3.63, 3.8) is 0 Å². The van der Waals surface area contributed by atoms with E-state index in [2.05, 4.69) is 40.0 Å². The molecule has 2 aliphatic carbocycles. The van der Waals surface area contributed by atoms with Crippen LogP contribution in [0.5, 0.6) is 0 Å². The Morgan fingerprint density at radius 3 is 2.91 bits per heavy atom. The summed E-state index contributed by atoms with van der Waals surface area (Å²) >= 11 is 0. The molecule has 2 aromatic rings. The maximum absolute atomic E-state index is 12.1. The molecule has 0 fully saturated rings. The number of carbonyl (C=O) groups excluding carboxylic acids is 1. The van der Waals surface area contributed by atoms with Gasteiger partial charge in [-0.15, -0.1) is 0 Å². The van der Waals surface area contributed by atoms with Crippen LogP contribution >= 0.6 is 0 Å². The molecule has 0 bridgehead atoms. The number of allylic oxidation sites excluding steroid dienone is 4. The van der Waals surface area contributed by atoms with Gasteiger partial charge in [0.1, 0.15) is 17.9 Å². The summed E-state index contributed by atoms with van der Waals surface area (Å²) in [5, 5.41) is 20.4. The number of anilines is 2. The third kappa shape index (κ3) is 4.59. The van der Waals surface area contributed by atoms with Crippen molar-refractivity contribution in [1.82, 2.24) is 9.61 Å². The van der Waals surface area contributed by atoms with Gasteiger partial charge in [-0.1, -0.05) is 19.1 Å². The van der Waals surface area contributed by atoms with Gasteiger partial charge in [0.05, 0.1) is 34.8 Å². The Morgan fingerprint density at radius 2 is 2.22 bits per heavy atom. The van der Waals surface area contributed by atoms with E-state index in [4.69, 9.17) is 4.74 Å². The minimum atomic E-state index is -0.0339. The van der Waals surface area contributed by atoms with Crippen molar-refractivity contribution < 1.29 is 9.53 Å². The Hall–Kier alpha value is -3.79. The first-order valence-corrected chi connectivity index (χ1v) is 11.0. The lowest BCUT2D eigenvalue weighted by Crippen LogP contribution is -2.14. The van der Waals surface area contributed by atoms with E-state index in [1.807, 2.05) is 32.1 Å². The molecule has 0 spiro atoms. The summed E-state index contributed by atoms with van der Waals surface area (Å²) in [6, 6.07) is 2.22.